The molecule has 0 aliphatic heterocycles. The van der Waals surface area contributed by atoms with Gasteiger partial charge in [0, 0.05) is 0 Å². The van der Waals surface area contributed by atoms with E-state index < -0.39 is 17.8 Å². The van der Waals surface area contributed by atoms with E-state index in [1.807, 2.05) is 0 Å². The van der Waals surface area contributed by atoms with Gasteiger partial charge in [-0.1, -0.05) is 14.9 Å². The van der Waals surface area contributed by atoms with Crippen LogP contribution in [0.25, 0.3) is 0 Å². The third kappa shape index (κ3) is 3.44. The Kier molecular flexibility index (Phi) is 5.93. The molecule has 0 rings (SSSR count). The van der Waals surface area contributed by atoms with Crippen LogP contribution in [0.5, 0.6) is 0 Å². The van der Waals surface area contributed by atoms with Gasteiger partial charge in [0.15, 0.2) is 5.41 Å². The lowest BCUT2D eigenvalue weighted by Crippen LogP contribution is -2.44. The fourth-order valence-electron chi connectivity index (χ4n) is 0.161. The zero-order chi connectivity index (χ0) is 9.50. The summed E-state index contributed by atoms with van der Waals surface area (Å²) in [5.41, 5.74) is -3.62. The standard InChI is InChI=1S/C5H6F6.2CH4/c1-3(2,4(6,7)8)5(9,10)11;;/h1-2H3;2*1H4. The lowest BCUT2D eigenvalue weighted by Gasteiger charge is -2.29. The fourth-order valence-corrected chi connectivity index (χ4v) is 0.161. The molecule has 0 N–H and O–H groups in total. The van der Waals surface area contributed by atoms with E-state index in [-0.39, 0.29) is 28.7 Å². The summed E-state index contributed by atoms with van der Waals surface area (Å²) in [6, 6.07) is 0. The van der Waals surface area contributed by atoms with E-state index in [9.17, 15) is 26.3 Å². The van der Waals surface area contributed by atoms with E-state index in [1.54, 1.807) is 0 Å². The Balaban J connectivity index is -0.000000500. The van der Waals surface area contributed by atoms with Crippen LogP contribution < -0.4 is 0 Å². The van der Waals surface area contributed by atoms with Gasteiger partial charge < -0.3 is 0 Å². The van der Waals surface area contributed by atoms with E-state index in [4.69, 9.17) is 0 Å². The Morgan fingerprint density at radius 2 is 0.769 bits per heavy atom. The average molecular weight is 212 g/mol. The molecule has 0 fully saturated rings. The van der Waals surface area contributed by atoms with Crippen molar-refractivity contribution in [1.29, 1.82) is 0 Å². The van der Waals surface area contributed by atoms with Crippen LogP contribution in [0.1, 0.15) is 28.7 Å². The van der Waals surface area contributed by atoms with Crippen molar-refractivity contribution >= 4 is 0 Å². The van der Waals surface area contributed by atoms with Gasteiger partial charge in [0.2, 0.25) is 0 Å². The van der Waals surface area contributed by atoms with E-state index in [2.05, 4.69) is 0 Å². The van der Waals surface area contributed by atoms with Gasteiger partial charge >= 0.3 is 12.4 Å². The van der Waals surface area contributed by atoms with Gasteiger partial charge in [-0.2, -0.15) is 26.3 Å². The van der Waals surface area contributed by atoms with Crippen LogP contribution in [-0.4, -0.2) is 12.4 Å². The molecule has 0 heterocycles. The minimum absolute atomic E-state index is 0. The van der Waals surface area contributed by atoms with Crippen LogP contribution in [0, 0.1) is 5.41 Å². The van der Waals surface area contributed by atoms with Crippen LogP contribution in [0.2, 0.25) is 0 Å². The number of alkyl halides is 6. The van der Waals surface area contributed by atoms with Gasteiger partial charge in [0.25, 0.3) is 0 Å². The molecule has 0 aromatic carbocycles. The highest BCUT2D eigenvalue weighted by Crippen LogP contribution is 2.49. The Morgan fingerprint density at radius 3 is 0.769 bits per heavy atom. The summed E-state index contributed by atoms with van der Waals surface area (Å²) in [5, 5.41) is 0. The molecule has 0 aromatic heterocycles. The average Bonchev–Trinajstić information content (AvgIpc) is 1.58. The quantitative estimate of drug-likeness (QED) is 0.522. The van der Waals surface area contributed by atoms with Crippen molar-refractivity contribution in [2.75, 3.05) is 0 Å². The minimum Gasteiger partial charge on any atom is -0.170 e. The normalized spacial score (nSPS) is 12.9. The van der Waals surface area contributed by atoms with Crippen molar-refractivity contribution in [3.63, 3.8) is 0 Å². The molecule has 84 valence electrons. The van der Waals surface area contributed by atoms with E-state index in [0.717, 1.165) is 0 Å². The molecular formula is C7H14F6. The first-order valence-electron chi connectivity index (χ1n) is 2.63. The summed E-state index contributed by atoms with van der Waals surface area (Å²) in [6.07, 6.45) is -10.5. The van der Waals surface area contributed by atoms with Gasteiger partial charge in [-0.15, -0.1) is 0 Å². The Morgan fingerprint density at radius 1 is 0.615 bits per heavy atom. The third-order valence-corrected chi connectivity index (χ3v) is 1.42. The Labute approximate surface area is 73.9 Å². The van der Waals surface area contributed by atoms with Gasteiger partial charge in [0.05, 0.1) is 0 Å². The largest absolute Gasteiger partial charge is 0.402 e. The third-order valence-electron chi connectivity index (χ3n) is 1.42. The van der Waals surface area contributed by atoms with Crippen molar-refractivity contribution in [3.8, 4) is 0 Å². The lowest BCUT2D eigenvalue weighted by atomic mass is 9.92. The molecule has 0 unspecified atom stereocenters. The molecule has 0 amide bonds. The summed E-state index contributed by atoms with van der Waals surface area (Å²) in [6.45, 7) is 0.208. The van der Waals surface area contributed by atoms with E-state index in [0.29, 0.717) is 0 Å². The van der Waals surface area contributed by atoms with Crippen LogP contribution in [-0.2, 0) is 0 Å². The van der Waals surface area contributed by atoms with Crippen molar-refractivity contribution in [3.05, 3.63) is 0 Å². The Hall–Kier alpha value is -0.420. The van der Waals surface area contributed by atoms with Crippen LogP contribution >= 0.6 is 0 Å². The molecule has 0 spiro atoms. The first kappa shape index (κ1) is 18.4. The van der Waals surface area contributed by atoms with Gasteiger partial charge in [-0.25, -0.2) is 0 Å². The summed E-state index contributed by atoms with van der Waals surface area (Å²) in [7, 11) is 0. The van der Waals surface area contributed by atoms with Crippen LogP contribution in [0.15, 0.2) is 0 Å². The first-order chi connectivity index (χ1) is 4.50. The lowest BCUT2D eigenvalue weighted by molar-refractivity contribution is -0.327. The fraction of sp³-hybridized carbons (Fsp3) is 1.00. The van der Waals surface area contributed by atoms with E-state index in [1.165, 1.54) is 0 Å². The van der Waals surface area contributed by atoms with Gasteiger partial charge in [-0.05, 0) is 13.8 Å². The zero-order valence-electron chi connectivity index (χ0n) is 5.77. The molecule has 0 aliphatic carbocycles. The maximum atomic E-state index is 11.6. The molecule has 0 radical (unpaired) electrons. The predicted molar refractivity (Wildman–Crippen MR) is 39.4 cm³/mol. The summed E-state index contributed by atoms with van der Waals surface area (Å²) in [4.78, 5) is 0. The van der Waals surface area contributed by atoms with Crippen molar-refractivity contribution in [2.24, 2.45) is 5.41 Å². The first-order valence-corrected chi connectivity index (χ1v) is 2.63. The highest BCUT2D eigenvalue weighted by atomic mass is 19.4. The molecule has 0 aromatic rings. The molecule has 6 heteroatoms. The van der Waals surface area contributed by atoms with Crippen molar-refractivity contribution in [2.45, 2.75) is 41.1 Å². The number of rotatable bonds is 0. The van der Waals surface area contributed by atoms with Crippen LogP contribution in [0.3, 0.4) is 0 Å². The molecule has 0 saturated heterocycles. The van der Waals surface area contributed by atoms with E-state index >= 15 is 0 Å². The molecule has 13 heavy (non-hydrogen) atoms. The molecule has 0 bridgehead atoms. The second kappa shape index (κ2) is 4.19. The Bertz CT molecular complexity index is 124. The monoisotopic (exact) mass is 212 g/mol. The molecule has 0 saturated carbocycles. The van der Waals surface area contributed by atoms with Gasteiger partial charge in [-0.3, -0.25) is 0 Å². The SMILES string of the molecule is C.C.CC(C)(C(F)(F)F)C(F)(F)F. The summed E-state index contributed by atoms with van der Waals surface area (Å²) >= 11 is 0. The number of halogens is 6. The highest BCUT2D eigenvalue weighted by Gasteiger charge is 2.64. The number of hydrogen-bond donors (Lipinski definition) is 0. The topological polar surface area (TPSA) is 0 Å². The maximum Gasteiger partial charge on any atom is 0.402 e. The number of hydrogen-bond acceptors (Lipinski definition) is 0. The molecule has 0 nitrogen and oxygen atoms in total. The second-order valence-electron chi connectivity index (χ2n) is 2.62. The van der Waals surface area contributed by atoms with Crippen molar-refractivity contribution in [1.82, 2.24) is 0 Å². The molecular weight excluding hydrogens is 198 g/mol. The van der Waals surface area contributed by atoms with Gasteiger partial charge in [0.1, 0.15) is 0 Å². The second-order valence-corrected chi connectivity index (χ2v) is 2.62. The van der Waals surface area contributed by atoms with Crippen LogP contribution in [0.4, 0.5) is 26.3 Å². The predicted octanol–water partition coefficient (Wildman–Crippen LogP) is 4.41. The molecule has 0 aliphatic rings. The summed E-state index contributed by atoms with van der Waals surface area (Å²) in [5.74, 6) is 0. The smallest absolute Gasteiger partial charge is 0.170 e. The minimum atomic E-state index is -5.24. The maximum absolute atomic E-state index is 11.6. The van der Waals surface area contributed by atoms with Crippen molar-refractivity contribution < 1.29 is 26.3 Å². The zero-order valence-corrected chi connectivity index (χ0v) is 5.77. The molecule has 0 atom stereocenters. The highest BCUT2D eigenvalue weighted by molar-refractivity contribution is 4.84. The summed E-state index contributed by atoms with van der Waals surface area (Å²) < 4.78 is 69.7.